The molecule has 0 aliphatic rings. The Balaban J connectivity index is 2.26. The van der Waals surface area contributed by atoms with Crippen LogP contribution in [0.25, 0.3) is 0 Å². The molecular formula is C17H19FN2O3S2. The van der Waals surface area contributed by atoms with Gasteiger partial charge < -0.3 is 5.32 Å². The third kappa shape index (κ3) is 5.20. The van der Waals surface area contributed by atoms with Gasteiger partial charge >= 0.3 is 0 Å². The summed E-state index contributed by atoms with van der Waals surface area (Å²) in [5, 5.41) is 2.67. The van der Waals surface area contributed by atoms with E-state index in [1.807, 2.05) is 6.26 Å². The molecule has 0 spiro atoms. The number of nitrogens with one attached hydrogen (secondary N) is 2. The van der Waals surface area contributed by atoms with Crippen molar-refractivity contribution in [3.8, 4) is 0 Å². The third-order valence-electron chi connectivity index (χ3n) is 3.41. The van der Waals surface area contributed by atoms with E-state index in [4.69, 9.17) is 0 Å². The zero-order valence-electron chi connectivity index (χ0n) is 13.9. The number of carbonyl (C=O) groups is 1. The average Bonchev–Trinajstić information content (AvgIpc) is 2.56. The maximum Gasteiger partial charge on any atom is 0.262 e. The van der Waals surface area contributed by atoms with Crippen LogP contribution in [-0.2, 0) is 14.8 Å². The van der Waals surface area contributed by atoms with E-state index < -0.39 is 15.8 Å². The first-order valence-electron chi connectivity index (χ1n) is 7.50. The molecule has 2 rings (SSSR count). The van der Waals surface area contributed by atoms with Crippen LogP contribution in [0.5, 0.6) is 0 Å². The Morgan fingerprint density at radius 2 is 1.92 bits per heavy atom. The summed E-state index contributed by atoms with van der Waals surface area (Å²) in [7, 11) is -3.99. The molecule has 2 aromatic rings. The van der Waals surface area contributed by atoms with Gasteiger partial charge in [-0.1, -0.05) is 18.2 Å². The van der Waals surface area contributed by atoms with Gasteiger partial charge in [0.1, 0.15) is 5.82 Å². The standard InChI is InChI=1S/C17H19FN2O3S2/c1-12-7-8-13(19-17(21)9-10-24-2)11-16(12)25(22,23)20-15-6-4-3-5-14(15)18/h3-8,11,20H,9-10H2,1-2H3,(H,19,21). The second-order valence-corrected chi connectivity index (χ2v) is 7.99. The molecular weight excluding hydrogens is 363 g/mol. The normalized spacial score (nSPS) is 11.2. The summed E-state index contributed by atoms with van der Waals surface area (Å²) in [6.45, 7) is 1.63. The van der Waals surface area contributed by atoms with Crippen LogP contribution in [0.4, 0.5) is 15.8 Å². The first-order chi connectivity index (χ1) is 11.8. The van der Waals surface area contributed by atoms with Gasteiger partial charge in [0.2, 0.25) is 5.91 Å². The van der Waals surface area contributed by atoms with Crippen LogP contribution in [0.3, 0.4) is 0 Å². The fourth-order valence-corrected chi connectivity index (χ4v) is 3.86. The van der Waals surface area contributed by atoms with E-state index in [1.165, 1.54) is 30.3 Å². The molecule has 2 N–H and O–H groups in total. The van der Waals surface area contributed by atoms with Crippen molar-refractivity contribution in [3.05, 3.63) is 53.8 Å². The Morgan fingerprint density at radius 1 is 1.20 bits per heavy atom. The smallest absolute Gasteiger partial charge is 0.262 e. The number of amides is 1. The number of thioether (sulfide) groups is 1. The first kappa shape index (κ1) is 19.3. The molecule has 25 heavy (non-hydrogen) atoms. The molecule has 8 heteroatoms. The van der Waals surface area contributed by atoms with Crippen LogP contribution in [0.1, 0.15) is 12.0 Å². The quantitative estimate of drug-likeness (QED) is 0.767. The first-order valence-corrected chi connectivity index (χ1v) is 10.4. The Labute approximate surface area is 151 Å². The summed E-state index contributed by atoms with van der Waals surface area (Å²) >= 11 is 1.55. The number of hydrogen-bond acceptors (Lipinski definition) is 4. The number of halogens is 1. The molecule has 1 amide bonds. The fraction of sp³-hybridized carbons (Fsp3) is 0.235. The molecule has 5 nitrogen and oxygen atoms in total. The van der Waals surface area contributed by atoms with E-state index in [1.54, 1.807) is 30.8 Å². The van der Waals surface area contributed by atoms with E-state index in [0.29, 0.717) is 23.4 Å². The molecule has 0 aliphatic carbocycles. The van der Waals surface area contributed by atoms with Gasteiger partial charge in [-0.15, -0.1) is 0 Å². The van der Waals surface area contributed by atoms with E-state index in [-0.39, 0.29) is 16.5 Å². The van der Waals surface area contributed by atoms with Crippen molar-refractivity contribution in [2.45, 2.75) is 18.2 Å². The van der Waals surface area contributed by atoms with Gasteiger partial charge in [-0.25, -0.2) is 12.8 Å². The number of carbonyl (C=O) groups excluding carboxylic acids is 1. The number of sulfonamides is 1. The summed E-state index contributed by atoms with van der Waals surface area (Å²) in [4.78, 5) is 11.8. The second-order valence-electron chi connectivity index (χ2n) is 5.36. The summed E-state index contributed by atoms with van der Waals surface area (Å²) in [6.07, 6.45) is 2.24. The number of hydrogen-bond donors (Lipinski definition) is 2. The molecule has 0 fully saturated rings. The lowest BCUT2D eigenvalue weighted by Crippen LogP contribution is -2.17. The number of rotatable bonds is 7. The van der Waals surface area contributed by atoms with Gasteiger partial charge in [-0.3, -0.25) is 9.52 Å². The second kappa shape index (κ2) is 8.35. The van der Waals surface area contributed by atoms with E-state index >= 15 is 0 Å². The van der Waals surface area contributed by atoms with Crippen LogP contribution < -0.4 is 10.0 Å². The molecule has 0 bridgehead atoms. The molecule has 0 atom stereocenters. The van der Waals surface area contributed by atoms with Gasteiger partial charge in [-0.05, 0) is 43.0 Å². The van der Waals surface area contributed by atoms with Crippen molar-refractivity contribution in [1.29, 1.82) is 0 Å². The molecule has 134 valence electrons. The SMILES string of the molecule is CSCCC(=O)Nc1ccc(C)c(S(=O)(=O)Nc2ccccc2F)c1. The zero-order valence-corrected chi connectivity index (χ0v) is 15.5. The van der Waals surface area contributed by atoms with Gasteiger partial charge in [0.15, 0.2) is 0 Å². The van der Waals surface area contributed by atoms with Crippen molar-refractivity contribution in [3.63, 3.8) is 0 Å². The maximum atomic E-state index is 13.7. The van der Waals surface area contributed by atoms with Crippen LogP contribution in [0, 0.1) is 12.7 Å². The highest BCUT2D eigenvalue weighted by molar-refractivity contribution is 7.98. The molecule has 0 radical (unpaired) electrons. The highest BCUT2D eigenvalue weighted by atomic mass is 32.2. The van der Waals surface area contributed by atoms with Gasteiger partial charge in [0, 0.05) is 17.9 Å². The number of benzene rings is 2. The van der Waals surface area contributed by atoms with E-state index in [2.05, 4.69) is 10.0 Å². The van der Waals surface area contributed by atoms with Crippen LogP contribution in [-0.4, -0.2) is 26.3 Å². The average molecular weight is 382 g/mol. The van der Waals surface area contributed by atoms with Crippen molar-refractivity contribution >= 4 is 39.1 Å². The summed E-state index contributed by atoms with van der Waals surface area (Å²) in [6, 6.07) is 10.1. The molecule has 0 unspecified atom stereocenters. The summed E-state index contributed by atoms with van der Waals surface area (Å²) in [5.41, 5.74) is 0.743. The van der Waals surface area contributed by atoms with Gasteiger partial charge in [-0.2, -0.15) is 11.8 Å². The number of para-hydroxylation sites is 1. The van der Waals surface area contributed by atoms with E-state index in [0.717, 1.165) is 0 Å². The Hall–Kier alpha value is -2.06. The van der Waals surface area contributed by atoms with Crippen LogP contribution in [0.15, 0.2) is 47.4 Å². The van der Waals surface area contributed by atoms with Gasteiger partial charge in [0.05, 0.1) is 10.6 Å². The maximum absolute atomic E-state index is 13.7. The van der Waals surface area contributed by atoms with Gasteiger partial charge in [0.25, 0.3) is 10.0 Å². The van der Waals surface area contributed by atoms with Crippen molar-refractivity contribution < 1.29 is 17.6 Å². The molecule has 0 saturated heterocycles. The Morgan fingerprint density at radius 3 is 2.60 bits per heavy atom. The zero-order chi connectivity index (χ0) is 18.4. The summed E-state index contributed by atoms with van der Waals surface area (Å²) < 4.78 is 41.1. The molecule has 0 saturated carbocycles. The Kier molecular flexibility index (Phi) is 6.44. The number of aryl methyl sites for hydroxylation is 1. The lowest BCUT2D eigenvalue weighted by Gasteiger charge is -2.13. The highest BCUT2D eigenvalue weighted by Gasteiger charge is 2.19. The summed E-state index contributed by atoms with van der Waals surface area (Å²) in [5.74, 6) is -0.175. The van der Waals surface area contributed by atoms with Crippen molar-refractivity contribution in [1.82, 2.24) is 0 Å². The minimum atomic E-state index is -3.99. The molecule has 0 aromatic heterocycles. The molecule has 2 aromatic carbocycles. The van der Waals surface area contributed by atoms with Crippen LogP contribution >= 0.6 is 11.8 Å². The van der Waals surface area contributed by atoms with Crippen molar-refractivity contribution in [2.75, 3.05) is 22.0 Å². The van der Waals surface area contributed by atoms with E-state index in [9.17, 15) is 17.6 Å². The van der Waals surface area contributed by atoms with Crippen molar-refractivity contribution in [2.24, 2.45) is 0 Å². The predicted octanol–water partition coefficient (Wildman–Crippen LogP) is 3.63. The topological polar surface area (TPSA) is 75.3 Å². The largest absolute Gasteiger partial charge is 0.326 e. The Bertz CT molecular complexity index is 870. The fourth-order valence-electron chi connectivity index (χ4n) is 2.13. The monoisotopic (exact) mass is 382 g/mol. The minimum Gasteiger partial charge on any atom is -0.326 e. The number of anilines is 2. The highest BCUT2D eigenvalue weighted by Crippen LogP contribution is 2.24. The molecule has 0 heterocycles. The lowest BCUT2D eigenvalue weighted by atomic mass is 10.2. The lowest BCUT2D eigenvalue weighted by molar-refractivity contribution is -0.115. The predicted molar refractivity (Wildman–Crippen MR) is 100 cm³/mol. The minimum absolute atomic E-state index is 0.0154. The molecule has 0 aliphatic heterocycles. The third-order valence-corrected chi connectivity index (χ3v) is 5.53. The van der Waals surface area contributed by atoms with Crippen LogP contribution in [0.2, 0.25) is 0 Å².